The van der Waals surface area contributed by atoms with Gasteiger partial charge in [0.1, 0.15) is 6.61 Å². The Labute approximate surface area is 219 Å². The Balaban J connectivity index is 1.93. The van der Waals surface area contributed by atoms with E-state index < -0.39 is 47.4 Å². The Morgan fingerprint density at radius 3 is 1.57 bits per heavy atom. The highest BCUT2D eigenvalue weighted by atomic mass is 19.2. The quantitative estimate of drug-likeness (QED) is 0.0492. The van der Waals surface area contributed by atoms with Crippen molar-refractivity contribution in [2.24, 2.45) is 0 Å². The first-order valence-electron chi connectivity index (χ1n) is 14.0. The number of unbranched alkanes of at least 4 members (excludes halogenated alkanes) is 14. The molecule has 0 fully saturated rings. The number of hydrogen-bond donors (Lipinski definition) is 0. The fourth-order valence-corrected chi connectivity index (χ4v) is 4.07. The maximum Gasteiger partial charge on any atom is 0.306 e. The van der Waals surface area contributed by atoms with Gasteiger partial charge in [0, 0.05) is 18.4 Å². The first kappa shape index (κ1) is 32.9. The SMILES string of the molecule is CCCCCCCCCCCCCCCCCOC(=O)CCCC(=O)OCc1cc(F)c(F)c(F)c1F. The van der Waals surface area contributed by atoms with Crippen LogP contribution in [-0.2, 0) is 25.7 Å². The molecule has 0 saturated heterocycles. The van der Waals surface area contributed by atoms with Crippen LogP contribution in [0.1, 0.15) is 128 Å². The zero-order chi connectivity index (χ0) is 27.3. The molecule has 0 N–H and O–H groups in total. The average molecular weight is 533 g/mol. The summed E-state index contributed by atoms with van der Waals surface area (Å²) in [5.41, 5.74) is -0.604. The van der Waals surface area contributed by atoms with Crippen LogP contribution in [0.25, 0.3) is 0 Å². The third kappa shape index (κ3) is 15.7. The maximum absolute atomic E-state index is 13.6. The zero-order valence-electron chi connectivity index (χ0n) is 22.4. The lowest BCUT2D eigenvalue weighted by atomic mass is 10.0. The highest BCUT2D eigenvalue weighted by Crippen LogP contribution is 2.20. The van der Waals surface area contributed by atoms with Gasteiger partial charge in [-0.2, -0.15) is 0 Å². The number of halogens is 4. The normalized spacial score (nSPS) is 11.1. The van der Waals surface area contributed by atoms with E-state index in [0.29, 0.717) is 12.7 Å². The number of hydrogen-bond acceptors (Lipinski definition) is 4. The highest BCUT2D eigenvalue weighted by Gasteiger charge is 2.19. The molecule has 0 aliphatic rings. The van der Waals surface area contributed by atoms with Crippen molar-refractivity contribution in [2.75, 3.05) is 6.61 Å². The largest absolute Gasteiger partial charge is 0.466 e. The summed E-state index contributed by atoms with van der Waals surface area (Å²) in [4.78, 5) is 23.5. The molecule has 0 spiro atoms. The van der Waals surface area contributed by atoms with E-state index in [2.05, 4.69) is 6.92 Å². The standard InChI is InChI=1S/C29H44F4O4/c1-2-3-4-5-6-7-8-9-10-11-12-13-14-15-16-20-36-25(34)18-17-19-26(35)37-22-23-21-24(30)28(32)29(33)27(23)31/h21H,2-20,22H2,1H3. The van der Waals surface area contributed by atoms with E-state index in [1.165, 1.54) is 77.0 Å². The molecule has 212 valence electrons. The van der Waals surface area contributed by atoms with Crippen molar-refractivity contribution < 1.29 is 36.6 Å². The molecule has 0 amide bonds. The Kier molecular flexibility index (Phi) is 18.6. The van der Waals surface area contributed by atoms with E-state index in [1.807, 2.05) is 0 Å². The first-order chi connectivity index (χ1) is 17.9. The molecule has 0 saturated carbocycles. The van der Waals surface area contributed by atoms with Crippen molar-refractivity contribution in [2.45, 2.75) is 129 Å². The molecule has 1 aromatic rings. The Hall–Kier alpha value is -2.12. The van der Waals surface area contributed by atoms with Gasteiger partial charge in [-0.15, -0.1) is 0 Å². The lowest BCUT2D eigenvalue weighted by Gasteiger charge is -2.08. The van der Waals surface area contributed by atoms with Crippen molar-refractivity contribution >= 4 is 11.9 Å². The Bertz CT molecular complexity index is 786. The number of carbonyl (C=O) groups is 2. The molecule has 0 aliphatic heterocycles. The Morgan fingerprint density at radius 1 is 0.595 bits per heavy atom. The fourth-order valence-electron chi connectivity index (χ4n) is 4.07. The lowest BCUT2D eigenvalue weighted by molar-refractivity contribution is -0.146. The number of rotatable bonds is 22. The van der Waals surface area contributed by atoms with Gasteiger partial charge in [-0.3, -0.25) is 9.59 Å². The molecular formula is C29H44F4O4. The summed E-state index contributed by atoms with van der Waals surface area (Å²) in [6, 6.07) is 0.441. The van der Waals surface area contributed by atoms with E-state index in [4.69, 9.17) is 9.47 Å². The summed E-state index contributed by atoms with van der Waals surface area (Å²) in [5, 5.41) is 0. The van der Waals surface area contributed by atoms with Gasteiger partial charge >= 0.3 is 11.9 Å². The molecule has 4 nitrogen and oxygen atoms in total. The van der Waals surface area contributed by atoms with E-state index in [1.54, 1.807) is 0 Å². The van der Waals surface area contributed by atoms with Gasteiger partial charge in [0.2, 0.25) is 0 Å². The predicted octanol–water partition coefficient (Wildman–Crippen LogP) is 8.87. The monoisotopic (exact) mass is 532 g/mol. The van der Waals surface area contributed by atoms with Crippen LogP contribution >= 0.6 is 0 Å². The van der Waals surface area contributed by atoms with Gasteiger partial charge in [-0.25, -0.2) is 17.6 Å². The second kappa shape index (κ2) is 20.9. The first-order valence-corrected chi connectivity index (χ1v) is 14.0. The number of esters is 2. The topological polar surface area (TPSA) is 52.6 Å². The molecule has 0 heterocycles. The van der Waals surface area contributed by atoms with Crippen molar-refractivity contribution in [1.29, 1.82) is 0 Å². The molecular weight excluding hydrogens is 488 g/mol. The second-order valence-corrected chi connectivity index (χ2v) is 9.64. The number of ether oxygens (including phenoxy) is 2. The Morgan fingerprint density at radius 2 is 1.05 bits per heavy atom. The summed E-state index contributed by atoms with van der Waals surface area (Å²) >= 11 is 0. The molecule has 0 bridgehead atoms. The molecule has 0 unspecified atom stereocenters. The summed E-state index contributed by atoms with van der Waals surface area (Å²) in [6.07, 6.45) is 19.0. The molecule has 0 radical (unpaired) electrons. The van der Waals surface area contributed by atoms with Crippen LogP contribution in [-0.4, -0.2) is 18.5 Å². The van der Waals surface area contributed by atoms with Gasteiger partial charge in [0.05, 0.1) is 6.61 Å². The zero-order valence-corrected chi connectivity index (χ0v) is 22.4. The van der Waals surface area contributed by atoms with Crippen molar-refractivity contribution in [3.8, 4) is 0 Å². The third-order valence-electron chi connectivity index (χ3n) is 6.34. The van der Waals surface area contributed by atoms with Crippen LogP contribution in [0.4, 0.5) is 17.6 Å². The van der Waals surface area contributed by atoms with Gasteiger partial charge in [0.15, 0.2) is 23.3 Å². The summed E-state index contributed by atoms with van der Waals surface area (Å²) < 4.78 is 62.8. The minimum absolute atomic E-state index is 0.0298. The maximum atomic E-state index is 13.6. The smallest absolute Gasteiger partial charge is 0.306 e. The molecule has 1 rings (SSSR count). The van der Waals surface area contributed by atoms with Crippen LogP contribution < -0.4 is 0 Å². The van der Waals surface area contributed by atoms with Gasteiger partial charge in [-0.1, -0.05) is 96.8 Å². The van der Waals surface area contributed by atoms with Crippen LogP contribution in [0.3, 0.4) is 0 Å². The predicted molar refractivity (Wildman–Crippen MR) is 136 cm³/mol. The van der Waals surface area contributed by atoms with E-state index in [-0.39, 0.29) is 19.3 Å². The van der Waals surface area contributed by atoms with Crippen LogP contribution in [0.5, 0.6) is 0 Å². The lowest BCUT2D eigenvalue weighted by Crippen LogP contribution is -2.10. The van der Waals surface area contributed by atoms with Crippen LogP contribution in [0.15, 0.2) is 6.07 Å². The number of carbonyl (C=O) groups excluding carboxylic acids is 2. The van der Waals surface area contributed by atoms with Gasteiger partial charge in [-0.05, 0) is 18.9 Å². The second-order valence-electron chi connectivity index (χ2n) is 9.64. The highest BCUT2D eigenvalue weighted by molar-refractivity contribution is 5.72. The van der Waals surface area contributed by atoms with Crippen molar-refractivity contribution in [3.63, 3.8) is 0 Å². The minimum Gasteiger partial charge on any atom is -0.466 e. The van der Waals surface area contributed by atoms with E-state index in [9.17, 15) is 27.2 Å². The third-order valence-corrected chi connectivity index (χ3v) is 6.34. The summed E-state index contributed by atoms with van der Waals surface area (Å²) in [5.74, 6) is -8.22. The van der Waals surface area contributed by atoms with Gasteiger partial charge in [0.25, 0.3) is 0 Å². The van der Waals surface area contributed by atoms with Crippen LogP contribution in [0, 0.1) is 23.3 Å². The molecule has 0 aliphatic carbocycles. The molecule has 0 atom stereocenters. The van der Waals surface area contributed by atoms with Gasteiger partial charge < -0.3 is 9.47 Å². The molecule has 37 heavy (non-hydrogen) atoms. The fraction of sp³-hybridized carbons (Fsp3) is 0.724. The number of benzene rings is 1. The molecule has 1 aromatic carbocycles. The average Bonchev–Trinajstić information content (AvgIpc) is 2.88. The molecule has 0 aromatic heterocycles. The van der Waals surface area contributed by atoms with E-state index >= 15 is 0 Å². The summed E-state index contributed by atoms with van der Waals surface area (Å²) in [6.45, 7) is 1.86. The van der Waals surface area contributed by atoms with Crippen molar-refractivity contribution in [1.82, 2.24) is 0 Å². The van der Waals surface area contributed by atoms with Crippen LogP contribution in [0.2, 0.25) is 0 Å². The van der Waals surface area contributed by atoms with E-state index in [0.717, 1.165) is 19.3 Å². The summed E-state index contributed by atoms with van der Waals surface area (Å²) in [7, 11) is 0. The molecule has 8 heteroatoms. The minimum atomic E-state index is -1.96. The van der Waals surface area contributed by atoms with Crippen molar-refractivity contribution in [3.05, 3.63) is 34.9 Å².